The van der Waals surface area contributed by atoms with Crippen molar-refractivity contribution in [3.05, 3.63) is 11.6 Å². The third-order valence-corrected chi connectivity index (χ3v) is 4.73. The van der Waals surface area contributed by atoms with Crippen molar-refractivity contribution in [2.24, 2.45) is 5.92 Å². The number of hydrogen-bond donors (Lipinski definition) is 1. The SMILES string of the molecule is CCOC1CC(C(=O)N2Cc3nnc(C)n3CC2C(=O)NC)C1. The standard InChI is InChI=1S/C15H23N5O3/c1-4-23-11-5-10(6-11)15(22)20-8-13-18-17-9(2)19(13)7-12(20)14(21)16-3/h10-12H,4-8H2,1-3H3,(H,16,21). The van der Waals surface area contributed by atoms with Gasteiger partial charge in [0.05, 0.1) is 19.2 Å². The predicted octanol–water partition coefficient (Wildman–Crippen LogP) is -0.142. The molecule has 1 N–H and O–H groups in total. The van der Waals surface area contributed by atoms with Crippen LogP contribution in [0.2, 0.25) is 0 Å². The average molecular weight is 321 g/mol. The summed E-state index contributed by atoms with van der Waals surface area (Å²) in [7, 11) is 1.59. The highest BCUT2D eigenvalue weighted by molar-refractivity contribution is 5.89. The van der Waals surface area contributed by atoms with Crippen LogP contribution in [0.4, 0.5) is 0 Å². The first-order chi connectivity index (χ1) is 11.0. The van der Waals surface area contributed by atoms with Crippen molar-refractivity contribution in [1.82, 2.24) is 25.0 Å². The summed E-state index contributed by atoms with van der Waals surface area (Å²) < 4.78 is 7.43. The zero-order valence-corrected chi connectivity index (χ0v) is 13.8. The summed E-state index contributed by atoms with van der Waals surface area (Å²) in [6.07, 6.45) is 1.63. The maximum atomic E-state index is 12.8. The maximum absolute atomic E-state index is 12.8. The molecule has 2 heterocycles. The van der Waals surface area contributed by atoms with Crippen molar-refractivity contribution < 1.29 is 14.3 Å². The van der Waals surface area contributed by atoms with Crippen LogP contribution in [0.25, 0.3) is 0 Å². The fourth-order valence-corrected chi connectivity index (χ4v) is 3.31. The minimum Gasteiger partial charge on any atom is -0.378 e. The van der Waals surface area contributed by atoms with E-state index in [1.807, 2.05) is 18.4 Å². The third kappa shape index (κ3) is 2.83. The molecule has 1 aromatic heterocycles. The van der Waals surface area contributed by atoms with Crippen molar-refractivity contribution in [3.63, 3.8) is 0 Å². The zero-order valence-electron chi connectivity index (χ0n) is 13.8. The van der Waals surface area contributed by atoms with Gasteiger partial charge in [-0.2, -0.15) is 0 Å². The Labute approximate surface area is 135 Å². The second-order valence-corrected chi connectivity index (χ2v) is 6.12. The number of rotatable bonds is 4. The summed E-state index contributed by atoms with van der Waals surface area (Å²) in [5, 5.41) is 10.8. The Morgan fingerprint density at radius 1 is 1.35 bits per heavy atom. The lowest BCUT2D eigenvalue weighted by Gasteiger charge is -2.41. The molecule has 0 bridgehead atoms. The predicted molar refractivity (Wildman–Crippen MR) is 81.3 cm³/mol. The molecule has 2 aliphatic rings. The van der Waals surface area contributed by atoms with Gasteiger partial charge in [-0.15, -0.1) is 10.2 Å². The number of nitrogens with zero attached hydrogens (tertiary/aromatic N) is 4. The van der Waals surface area contributed by atoms with E-state index in [2.05, 4.69) is 15.5 Å². The molecule has 1 atom stereocenters. The molecule has 2 amide bonds. The molecule has 8 heteroatoms. The van der Waals surface area contributed by atoms with E-state index in [9.17, 15) is 9.59 Å². The topological polar surface area (TPSA) is 89.3 Å². The quantitative estimate of drug-likeness (QED) is 0.833. The van der Waals surface area contributed by atoms with Gasteiger partial charge in [-0.1, -0.05) is 0 Å². The van der Waals surface area contributed by atoms with Gasteiger partial charge in [0.15, 0.2) is 5.82 Å². The van der Waals surface area contributed by atoms with Crippen molar-refractivity contribution >= 4 is 11.8 Å². The Kier molecular flexibility index (Phi) is 4.34. The Morgan fingerprint density at radius 2 is 2.09 bits per heavy atom. The van der Waals surface area contributed by atoms with Crippen LogP contribution in [-0.2, 0) is 27.4 Å². The van der Waals surface area contributed by atoms with Crippen molar-refractivity contribution in [2.75, 3.05) is 13.7 Å². The number of aromatic nitrogens is 3. The van der Waals surface area contributed by atoms with Crippen molar-refractivity contribution in [2.45, 2.75) is 51.9 Å². The number of hydrogen-bond acceptors (Lipinski definition) is 5. The van der Waals surface area contributed by atoms with E-state index in [0.29, 0.717) is 19.7 Å². The van der Waals surface area contributed by atoms with E-state index < -0.39 is 6.04 Å². The second kappa shape index (κ2) is 6.27. The molecule has 8 nitrogen and oxygen atoms in total. The van der Waals surface area contributed by atoms with Gasteiger partial charge in [-0.3, -0.25) is 9.59 Å². The number of carbonyl (C=O) groups excluding carboxylic acids is 2. The maximum Gasteiger partial charge on any atom is 0.244 e. The highest BCUT2D eigenvalue weighted by Gasteiger charge is 2.43. The van der Waals surface area contributed by atoms with Crippen LogP contribution in [0, 0.1) is 12.8 Å². The minimum atomic E-state index is -0.513. The van der Waals surface area contributed by atoms with Gasteiger partial charge in [-0.05, 0) is 26.7 Å². The highest BCUT2D eigenvalue weighted by Crippen LogP contribution is 2.33. The van der Waals surface area contributed by atoms with E-state index in [1.54, 1.807) is 11.9 Å². The Balaban J connectivity index is 1.76. The first-order valence-electron chi connectivity index (χ1n) is 8.07. The molecule has 1 unspecified atom stereocenters. The molecule has 0 radical (unpaired) electrons. The molecule has 126 valence electrons. The van der Waals surface area contributed by atoms with Gasteiger partial charge in [0.2, 0.25) is 11.8 Å². The summed E-state index contributed by atoms with van der Waals surface area (Å²) in [6, 6.07) is -0.513. The molecular weight excluding hydrogens is 298 g/mol. The molecule has 0 aromatic carbocycles. The number of nitrogens with one attached hydrogen (secondary N) is 1. The molecule has 1 aliphatic carbocycles. The van der Waals surface area contributed by atoms with Gasteiger partial charge < -0.3 is 19.5 Å². The Bertz CT molecular complexity index is 608. The molecule has 3 rings (SSSR count). The summed E-state index contributed by atoms with van der Waals surface area (Å²) in [5.41, 5.74) is 0. The fraction of sp³-hybridized carbons (Fsp3) is 0.733. The minimum absolute atomic E-state index is 0.0152. The van der Waals surface area contributed by atoms with Crippen LogP contribution in [-0.4, -0.2) is 57.3 Å². The second-order valence-electron chi connectivity index (χ2n) is 6.12. The summed E-state index contributed by atoms with van der Waals surface area (Å²) in [5.74, 6) is 1.30. The van der Waals surface area contributed by atoms with Gasteiger partial charge in [0.25, 0.3) is 0 Å². The van der Waals surface area contributed by atoms with Crippen LogP contribution >= 0.6 is 0 Å². The molecule has 1 aromatic rings. The Hall–Kier alpha value is -1.96. The molecule has 23 heavy (non-hydrogen) atoms. The zero-order chi connectivity index (χ0) is 16.6. The largest absolute Gasteiger partial charge is 0.378 e. The number of amides is 2. The monoisotopic (exact) mass is 321 g/mol. The summed E-state index contributed by atoms with van der Waals surface area (Å²) in [4.78, 5) is 26.7. The molecule has 0 saturated heterocycles. The van der Waals surface area contributed by atoms with E-state index in [0.717, 1.165) is 24.5 Å². The highest BCUT2D eigenvalue weighted by atomic mass is 16.5. The van der Waals surface area contributed by atoms with Crippen LogP contribution in [0.15, 0.2) is 0 Å². The molecule has 1 saturated carbocycles. The van der Waals surface area contributed by atoms with Crippen molar-refractivity contribution in [1.29, 1.82) is 0 Å². The van der Waals surface area contributed by atoms with Crippen LogP contribution in [0.3, 0.4) is 0 Å². The Morgan fingerprint density at radius 3 is 2.74 bits per heavy atom. The van der Waals surface area contributed by atoms with Crippen LogP contribution < -0.4 is 5.32 Å². The molecular formula is C15H23N5O3. The van der Waals surface area contributed by atoms with E-state index in [-0.39, 0.29) is 23.8 Å². The van der Waals surface area contributed by atoms with E-state index in [1.165, 1.54) is 0 Å². The smallest absolute Gasteiger partial charge is 0.244 e. The number of ether oxygens (including phenoxy) is 1. The number of fused-ring (bicyclic) bond motifs is 1. The molecule has 0 spiro atoms. The van der Waals surface area contributed by atoms with E-state index in [4.69, 9.17) is 4.74 Å². The summed E-state index contributed by atoms with van der Waals surface area (Å²) >= 11 is 0. The average Bonchev–Trinajstić information content (AvgIpc) is 2.88. The third-order valence-electron chi connectivity index (χ3n) is 4.73. The van der Waals surface area contributed by atoms with E-state index >= 15 is 0 Å². The van der Waals surface area contributed by atoms with Crippen LogP contribution in [0.1, 0.15) is 31.4 Å². The fourth-order valence-electron chi connectivity index (χ4n) is 3.31. The van der Waals surface area contributed by atoms with Crippen molar-refractivity contribution in [3.8, 4) is 0 Å². The van der Waals surface area contributed by atoms with Crippen LogP contribution in [0.5, 0.6) is 0 Å². The van der Waals surface area contributed by atoms with Gasteiger partial charge in [0.1, 0.15) is 11.9 Å². The number of likely N-dealkylation sites (N-methyl/N-ethyl adjacent to an activating group) is 1. The number of carbonyl (C=O) groups is 2. The first-order valence-corrected chi connectivity index (χ1v) is 8.07. The lowest BCUT2D eigenvalue weighted by atomic mass is 9.80. The van der Waals surface area contributed by atoms with Gasteiger partial charge >= 0.3 is 0 Å². The summed E-state index contributed by atoms with van der Waals surface area (Å²) in [6.45, 7) is 5.21. The molecule has 1 fully saturated rings. The van der Waals surface area contributed by atoms with Gasteiger partial charge in [0, 0.05) is 19.6 Å². The van der Waals surface area contributed by atoms with Gasteiger partial charge in [-0.25, -0.2) is 0 Å². The first kappa shape index (κ1) is 15.9. The number of aryl methyl sites for hydroxylation is 1. The lowest BCUT2D eigenvalue weighted by molar-refractivity contribution is -0.153. The lowest BCUT2D eigenvalue weighted by Crippen LogP contribution is -2.56. The normalized spacial score (nSPS) is 26.4. The molecule has 1 aliphatic heterocycles.